The van der Waals surface area contributed by atoms with Crippen LogP contribution in [0.3, 0.4) is 0 Å². The van der Waals surface area contributed by atoms with E-state index in [0.29, 0.717) is 0 Å². The van der Waals surface area contributed by atoms with Gasteiger partial charge in [-0.1, -0.05) is 81.5 Å². The molecular weight excluding hydrogens is 448 g/mol. The third kappa shape index (κ3) is 2.53. The van der Waals surface area contributed by atoms with Gasteiger partial charge in [-0.05, 0) is 76.6 Å². The molecule has 0 nitrogen and oxygen atoms in total. The van der Waals surface area contributed by atoms with Gasteiger partial charge in [-0.15, -0.1) is 0 Å². The molecule has 2 heteroatoms. The summed E-state index contributed by atoms with van der Waals surface area (Å²) in [5.41, 5.74) is 8.79. The zero-order valence-electron chi connectivity index (χ0n) is 14.6. The summed E-state index contributed by atoms with van der Waals surface area (Å²) in [5.74, 6) is 0. The Balaban J connectivity index is 1.72. The van der Waals surface area contributed by atoms with Gasteiger partial charge in [0.15, 0.2) is 0 Å². The van der Waals surface area contributed by atoms with E-state index in [9.17, 15) is 0 Å². The largest absolute Gasteiger partial charge is 0.0537 e. The van der Waals surface area contributed by atoms with Crippen LogP contribution in [0, 0.1) is 0 Å². The van der Waals surface area contributed by atoms with Crippen molar-refractivity contribution in [1.29, 1.82) is 0 Å². The highest BCUT2D eigenvalue weighted by Crippen LogP contribution is 2.56. The SMILES string of the molecule is Brc1ccc(-c2ccc3c(c2)C2(CCCCC2)c2cc(Br)ccc2-3)cc1. The lowest BCUT2D eigenvalue weighted by Gasteiger charge is -2.36. The first kappa shape index (κ1) is 16.8. The van der Waals surface area contributed by atoms with Crippen molar-refractivity contribution < 1.29 is 0 Å². The highest BCUT2D eigenvalue weighted by Gasteiger charge is 2.43. The first-order valence-electron chi connectivity index (χ1n) is 9.38. The van der Waals surface area contributed by atoms with Gasteiger partial charge in [0.25, 0.3) is 0 Å². The van der Waals surface area contributed by atoms with Gasteiger partial charge in [0.2, 0.25) is 0 Å². The minimum Gasteiger partial charge on any atom is -0.0537 e. The zero-order valence-corrected chi connectivity index (χ0v) is 17.7. The minimum absolute atomic E-state index is 0.206. The van der Waals surface area contributed by atoms with E-state index in [0.717, 1.165) is 4.47 Å². The van der Waals surface area contributed by atoms with Crippen molar-refractivity contribution in [3.05, 3.63) is 80.7 Å². The molecule has 2 aliphatic rings. The first-order valence-corrected chi connectivity index (χ1v) is 11.0. The highest BCUT2D eigenvalue weighted by atomic mass is 79.9. The quantitative estimate of drug-likeness (QED) is 0.339. The lowest BCUT2D eigenvalue weighted by molar-refractivity contribution is 0.353. The molecule has 0 amide bonds. The molecule has 2 aliphatic carbocycles. The number of fused-ring (bicyclic) bond motifs is 5. The average molecular weight is 468 g/mol. The number of halogens is 2. The molecule has 130 valence electrons. The maximum Gasteiger partial charge on any atom is 0.0215 e. The molecule has 0 unspecified atom stereocenters. The molecule has 1 fully saturated rings. The molecule has 0 N–H and O–H groups in total. The second-order valence-electron chi connectivity index (χ2n) is 7.60. The molecule has 0 aliphatic heterocycles. The van der Waals surface area contributed by atoms with E-state index < -0.39 is 0 Å². The summed E-state index contributed by atoms with van der Waals surface area (Å²) < 4.78 is 2.32. The molecule has 26 heavy (non-hydrogen) atoms. The van der Waals surface area contributed by atoms with Crippen LogP contribution in [0.4, 0.5) is 0 Å². The fourth-order valence-corrected chi connectivity index (χ4v) is 5.61. The van der Waals surface area contributed by atoms with E-state index in [2.05, 4.69) is 92.5 Å². The second kappa shape index (κ2) is 6.35. The van der Waals surface area contributed by atoms with Crippen molar-refractivity contribution in [2.75, 3.05) is 0 Å². The summed E-state index contributed by atoms with van der Waals surface area (Å²) in [6.07, 6.45) is 6.56. The number of benzene rings is 3. The van der Waals surface area contributed by atoms with Crippen molar-refractivity contribution in [3.63, 3.8) is 0 Å². The summed E-state index contributed by atoms with van der Waals surface area (Å²) in [6.45, 7) is 0. The number of rotatable bonds is 1. The van der Waals surface area contributed by atoms with E-state index in [1.54, 1.807) is 5.56 Å². The topological polar surface area (TPSA) is 0 Å². The van der Waals surface area contributed by atoms with Crippen LogP contribution < -0.4 is 0 Å². The molecule has 0 heterocycles. The molecular formula is C24H20Br2. The third-order valence-corrected chi connectivity index (χ3v) is 7.23. The van der Waals surface area contributed by atoms with Gasteiger partial charge in [0, 0.05) is 14.4 Å². The lowest BCUT2D eigenvalue weighted by atomic mass is 9.67. The van der Waals surface area contributed by atoms with Gasteiger partial charge in [-0.2, -0.15) is 0 Å². The Morgan fingerprint density at radius 3 is 1.88 bits per heavy atom. The predicted molar refractivity (Wildman–Crippen MR) is 117 cm³/mol. The van der Waals surface area contributed by atoms with Crippen LogP contribution >= 0.6 is 31.9 Å². The van der Waals surface area contributed by atoms with Crippen LogP contribution in [0.25, 0.3) is 22.3 Å². The summed E-state index contributed by atoms with van der Waals surface area (Å²) in [6, 6.07) is 22.6. The van der Waals surface area contributed by atoms with Crippen LogP contribution in [0.5, 0.6) is 0 Å². The van der Waals surface area contributed by atoms with Crippen LogP contribution in [-0.4, -0.2) is 0 Å². The van der Waals surface area contributed by atoms with E-state index >= 15 is 0 Å². The molecule has 0 atom stereocenters. The Kier molecular flexibility index (Phi) is 4.10. The van der Waals surface area contributed by atoms with Gasteiger partial charge in [0.05, 0.1) is 0 Å². The van der Waals surface area contributed by atoms with Gasteiger partial charge < -0.3 is 0 Å². The third-order valence-electron chi connectivity index (χ3n) is 6.21. The van der Waals surface area contributed by atoms with Gasteiger partial charge in [-0.3, -0.25) is 0 Å². The Morgan fingerprint density at radius 1 is 0.577 bits per heavy atom. The van der Waals surface area contributed by atoms with Crippen molar-refractivity contribution in [2.45, 2.75) is 37.5 Å². The van der Waals surface area contributed by atoms with Crippen LogP contribution in [-0.2, 0) is 5.41 Å². The molecule has 1 saturated carbocycles. The van der Waals surface area contributed by atoms with E-state index in [1.807, 2.05) is 0 Å². The highest BCUT2D eigenvalue weighted by molar-refractivity contribution is 9.10. The Morgan fingerprint density at radius 2 is 1.15 bits per heavy atom. The van der Waals surface area contributed by atoms with Gasteiger partial charge in [0.1, 0.15) is 0 Å². The van der Waals surface area contributed by atoms with Crippen molar-refractivity contribution in [2.24, 2.45) is 0 Å². The molecule has 3 aromatic rings. The first-order chi connectivity index (χ1) is 12.7. The summed E-state index contributed by atoms with van der Waals surface area (Å²) >= 11 is 7.26. The fourth-order valence-electron chi connectivity index (χ4n) is 4.98. The van der Waals surface area contributed by atoms with Crippen molar-refractivity contribution in [3.8, 4) is 22.3 Å². The summed E-state index contributed by atoms with van der Waals surface area (Å²) in [7, 11) is 0. The minimum atomic E-state index is 0.206. The normalized spacial score (nSPS) is 17.2. The molecule has 0 saturated heterocycles. The van der Waals surface area contributed by atoms with Crippen LogP contribution in [0.2, 0.25) is 0 Å². The molecule has 5 rings (SSSR count). The van der Waals surface area contributed by atoms with E-state index in [1.165, 1.54) is 64.4 Å². The molecule has 1 spiro atoms. The second-order valence-corrected chi connectivity index (χ2v) is 9.43. The van der Waals surface area contributed by atoms with Crippen molar-refractivity contribution in [1.82, 2.24) is 0 Å². The lowest BCUT2D eigenvalue weighted by Crippen LogP contribution is -2.28. The van der Waals surface area contributed by atoms with E-state index in [4.69, 9.17) is 0 Å². The maximum absolute atomic E-state index is 3.71. The zero-order chi connectivity index (χ0) is 17.7. The average Bonchev–Trinajstić information content (AvgIpc) is 2.92. The standard InChI is InChI=1S/C24H20Br2/c25-18-7-4-16(5-8-18)17-6-10-20-21-11-9-19(26)15-23(21)24(22(20)14-17)12-2-1-3-13-24/h4-11,14-15H,1-3,12-13H2. The molecule has 0 bridgehead atoms. The molecule has 0 radical (unpaired) electrons. The van der Waals surface area contributed by atoms with Gasteiger partial charge in [-0.25, -0.2) is 0 Å². The van der Waals surface area contributed by atoms with Crippen molar-refractivity contribution >= 4 is 31.9 Å². The monoisotopic (exact) mass is 466 g/mol. The number of hydrogen-bond acceptors (Lipinski definition) is 0. The van der Waals surface area contributed by atoms with Crippen LogP contribution in [0.1, 0.15) is 43.2 Å². The fraction of sp³-hybridized carbons (Fsp3) is 0.250. The Labute approximate surface area is 171 Å². The Bertz CT molecular complexity index is 980. The number of hydrogen-bond donors (Lipinski definition) is 0. The van der Waals surface area contributed by atoms with Crippen LogP contribution in [0.15, 0.2) is 69.6 Å². The summed E-state index contributed by atoms with van der Waals surface area (Å²) in [5, 5.41) is 0. The van der Waals surface area contributed by atoms with E-state index in [-0.39, 0.29) is 5.41 Å². The smallest absolute Gasteiger partial charge is 0.0215 e. The Hall–Kier alpha value is -1.38. The maximum atomic E-state index is 3.71. The summed E-state index contributed by atoms with van der Waals surface area (Å²) in [4.78, 5) is 0. The van der Waals surface area contributed by atoms with Gasteiger partial charge >= 0.3 is 0 Å². The molecule has 0 aromatic heterocycles. The predicted octanol–water partition coefficient (Wildman–Crippen LogP) is 8.11. The molecule has 3 aromatic carbocycles.